The number of benzene rings is 2. The predicted molar refractivity (Wildman–Crippen MR) is 108 cm³/mol. The van der Waals surface area contributed by atoms with Crippen molar-refractivity contribution in [1.82, 2.24) is 14.9 Å². The van der Waals surface area contributed by atoms with Gasteiger partial charge >= 0.3 is 0 Å². The van der Waals surface area contributed by atoms with Gasteiger partial charge in [-0.3, -0.25) is 4.79 Å². The van der Waals surface area contributed by atoms with Crippen LogP contribution in [0.25, 0.3) is 0 Å². The number of hydrogen-bond acceptors (Lipinski definition) is 7. The topological polar surface area (TPSA) is 78.7 Å². The number of rotatable bonds is 6. The Bertz CT molecular complexity index is 1050. The van der Waals surface area contributed by atoms with Gasteiger partial charge in [-0.25, -0.2) is 14.1 Å². The molecular formula is C20H19FN4O4S. The van der Waals surface area contributed by atoms with Gasteiger partial charge in [0.1, 0.15) is 29.7 Å². The molecule has 3 aromatic rings. The molecule has 8 nitrogen and oxygen atoms in total. The predicted octanol–water partition coefficient (Wildman–Crippen LogP) is 2.90. The number of fused-ring (bicyclic) bond motifs is 1. The third kappa shape index (κ3) is 4.04. The molecule has 10 heteroatoms. The lowest BCUT2D eigenvalue weighted by Gasteiger charge is -2.29. The number of ether oxygens (including phenoxy) is 3. The van der Waals surface area contributed by atoms with E-state index in [0.29, 0.717) is 46.1 Å². The molecule has 0 bridgehead atoms. The quantitative estimate of drug-likeness (QED) is 0.595. The zero-order valence-electron chi connectivity index (χ0n) is 16.4. The Labute approximate surface area is 176 Å². The summed E-state index contributed by atoms with van der Waals surface area (Å²) in [5.41, 5.74) is 0.412. The van der Waals surface area contributed by atoms with Crippen LogP contribution in [0.4, 0.5) is 4.39 Å². The van der Waals surface area contributed by atoms with Crippen LogP contribution in [0, 0.1) is 5.82 Å². The summed E-state index contributed by atoms with van der Waals surface area (Å²) in [5, 5.41) is 10.5. The maximum absolute atomic E-state index is 13.4. The van der Waals surface area contributed by atoms with E-state index >= 15 is 0 Å². The second-order valence-corrected chi connectivity index (χ2v) is 7.40. The molecule has 0 atom stereocenters. The van der Waals surface area contributed by atoms with Crippen molar-refractivity contribution < 1.29 is 23.4 Å². The van der Waals surface area contributed by atoms with Gasteiger partial charge in [-0.05, 0) is 24.3 Å². The summed E-state index contributed by atoms with van der Waals surface area (Å²) in [6.45, 7) is 0.489. The molecule has 0 unspecified atom stereocenters. The Morgan fingerprint density at radius 3 is 2.57 bits per heavy atom. The molecule has 0 saturated heterocycles. The van der Waals surface area contributed by atoms with Gasteiger partial charge in [-0.15, -0.1) is 10.2 Å². The van der Waals surface area contributed by atoms with Crippen LogP contribution in [0.15, 0.2) is 47.6 Å². The minimum absolute atomic E-state index is 0.0300. The largest absolute Gasteiger partial charge is 0.497 e. The van der Waals surface area contributed by atoms with E-state index in [-0.39, 0.29) is 12.5 Å². The summed E-state index contributed by atoms with van der Waals surface area (Å²) in [7, 11) is 3.06. The van der Waals surface area contributed by atoms with Gasteiger partial charge in [0.15, 0.2) is 5.82 Å². The zero-order chi connectivity index (χ0) is 21.1. The molecular weight excluding hydrogens is 411 g/mol. The number of aromatic nitrogens is 3. The number of halogens is 1. The Hall–Kier alpha value is -3.27. The van der Waals surface area contributed by atoms with Crippen LogP contribution >= 0.6 is 11.8 Å². The molecule has 156 valence electrons. The fourth-order valence-corrected chi connectivity index (χ4v) is 3.89. The highest BCUT2D eigenvalue weighted by molar-refractivity contribution is 7.99. The molecule has 0 saturated carbocycles. The Balaban J connectivity index is 1.62. The minimum atomic E-state index is -0.393. The molecule has 30 heavy (non-hydrogen) atoms. The fourth-order valence-electron chi connectivity index (χ4n) is 3.02. The lowest BCUT2D eigenvalue weighted by atomic mass is 10.2. The third-order valence-electron chi connectivity index (χ3n) is 4.45. The molecule has 0 spiro atoms. The van der Waals surface area contributed by atoms with E-state index in [0.717, 1.165) is 0 Å². The molecule has 1 aliphatic rings. The summed E-state index contributed by atoms with van der Waals surface area (Å²) in [6.07, 6.45) is 0. The lowest BCUT2D eigenvalue weighted by Crippen LogP contribution is -2.45. The van der Waals surface area contributed by atoms with Crippen LogP contribution in [0.2, 0.25) is 0 Å². The molecule has 2 heterocycles. The number of carbonyl (C=O) groups excluding carboxylic acids is 1. The van der Waals surface area contributed by atoms with Gasteiger partial charge in [-0.2, -0.15) is 0 Å². The summed E-state index contributed by atoms with van der Waals surface area (Å²) in [4.78, 5) is 13.3. The maximum atomic E-state index is 13.4. The van der Waals surface area contributed by atoms with Gasteiger partial charge < -0.3 is 14.2 Å². The number of methoxy groups -OCH3 is 2. The molecule has 1 aromatic heterocycles. The van der Waals surface area contributed by atoms with Crippen LogP contribution in [0.5, 0.6) is 17.2 Å². The van der Waals surface area contributed by atoms with Crippen molar-refractivity contribution in [3.63, 3.8) is 0 Å². The number of hydrogen-bond donors (Lipinski definition) is 0. The maximum Gasteiger partial charge on any atom is 0.273 e. The number of nitrogens with zero attached hydrogens (tertiary/aromatic N) is 4. The van der Waals surface area contributed by atoms with E-state index in [9.17, 15) is 9.18 Å². The van der Waals surface area contributed by atoms with Crippen molar-refractivity contribution in [2.24, 2.45) is 0 Å². The minimum Gasteiger partial charge on any atom is -0.497 e. The lowest BCUT2D eigenvalue weighted by molar-refractivity contribution is 0.0952. The SMILES string of the molecule is COc1cc(OC)cc(C(=O)N2CCSc3nnc(COc4cccc(F)c4)n32)c1. The Kier molecular flexibility index (Phi) is 5.75. The van der Waals surface area contributed by atoms with Crippen molar-refractivity contribution in [1.29, 1.82) is 0 Å². The molecule has 2 aromatic carbocycles. The molecule has 4 rings (SSSR count). The number of carbonyl (C=O) groups is 1. The molecule has 1 aliphatic heterocycles. The fraction of sp³-hybridized carbons (Fsp3) is 0.250. The van der Waals surface area contributed by atoms with Crippen molar-refractivity contribution in [2.75, 3.05) is 31.5 Å². The van der Waals surface area contributed by atoms with Gasteiger partial charge in [0.25, 0.3) is 5.91 Å². The van der Waals surface area contributed by atoms with E-state index in [1.807, 2.05) is 0 Å². The van der Waals surface area contributed by atoms with Crippen molar-refractivity contribution in [3.05, 3.63) is 59.7 Å². The first-order valence-electron chi connectivity index (χ1n) is 9.09. The van der Waals surface area contributed by atoms with Gasteiger partial charge in [0, 0.05) is 23.4 Å². The number of amides is 1. The summed E-state index contributed by atoms with van der Waals surface area (Å²) < 4.78 is 31.2. The van der Waals surface area contributed by atoms with E-state index in [2.05, 4.69) is 10.2 Å². The van der Waals surface area contributed by atoms with Gasteiger partial charge in [-0.1, -0.05) is 17.8 Å². The molecule has 0 N–H and O–H groups in total. The molecule has 0 fully saturated rings. The van der Waals surface area contributed by atoms with Crippen LogP contribution in [-0.2, 0) is 6.61 Å². The van der Waals surface area contributed by atoms with Crippen LogP contribution in [-0.4, -0.2) is 47.3 Å². The molecule has 1 amide bonds. The van der Waals surface area contributed by atoms with Gasteiger partial charge in [0.05, 0.1) is 20.8 Å². The van der Waals surface area contributed by atoms with Crippen molar-refractivity contribution >= 4 is 17.7 Å². The standard InChI is InChI=1S/C20H19FN4O4S/c1-27-16-8-13(9-17(11-16)28-2)19(26)24-6-7-30-20-23-22-18(25(20)24)12-29-15-5-3-4-14(21)10-15/h3-5,8-11H,6-7,12H2,1-2H3. The first-order chi connectivity index (χ1) is 14.6. The first-order valence-corrected chi connectivity index (χ1v) is 10.1. The second kappa shape index (κ2) is 8.62. The van der Waals surface area contributed by atoms with E-state index < -0.39 is 5.82 Å². The first kappa shape index (κ1) is 20.0. The average molecular weight is 430 g/mol. The smallest absolute Gasteiger partial charge is 0.273 e. The average Bonchev–Trinajstić information content (AvgIpc) is 3.20. The summed E-state index contributed by atoms with van der Waals surface area (Å²) >= 11 is 1.50. The van der Waals surface area contributed by atoms with Crippen LogP contribution < -0.4 is 19.2 Å². The third-order valence-corrected chi connectivity index (χ3v) is 5.35. The highest BCUT2D eigenvalue weighted by Gasteiger charge is 2.29. The highest BCUT2D eigenvalue weighted by Crippen LogP contribution is 2.27. The monoisotopic (exact) mass is 430 g/mol. The second-order valence-electron chi connectivity index (χ2n) is 6.33. The zero-order valence-corrected chi connectivity index (χ0v) is 17.2. The number of thioether (sulfide) groups is 1. The van der Waals surface area contributed by atoms with Crippen LogP contribution in [0.1, 0.15) is 16.2 Å². The molecule has 0 aliphatic carbocycles. The van der Waals surface area contributed by atoms with Crippen molar-refractivity contribution in [2.45, 2.75) is 11.8 Å². The van der Waals surface area contributed by atoms with E-state index in [1.165, 1.54) is 38.1 Å². The van der Waals surface area contributed by atoms with Crippen LogP contribution in [0.3, 0.4) is 0 Å². The van der Waals surface area contributed by atoms with E-state index in [4.69, 9.17) is 14.2 Å². The van der Waals surface area contributed by atoms with Crippen molar-refractivity contribution in [3.8, 4) is 17.2 Å². The Morgan fingerprint density at radius 1 is 1.10 bits per heavy atom. The summed E-state index contributed by atoms with van der Waals surface area (Å²) in [5.74, 6) is 1.87. The molecule has 0 radical (unpaired) electrons. The normalized spacial score (nSPS) is 13.0. The van der Waals surface area contributed by atoms with E-state index in [1.54, 1.807) is 40.0 Å². The van der Waals surface area contributed by atoms with Gasteiger partial charge in [0.2, 0.25) is 5.16 Å². The Morgan fingerprint density at radius 2 is 1.87 bits per heavy atom. The summed E-state index contributed by atoms with van der Waals surface area (Å²) in [6, 6.07) is 10.8. The highest BCUT2D eigenvalue weighted by atomic mass is 32.2.